The van der Waals surface area contributed by atoms with E-state index in [1.807, 2.05) is 64.4 Å². The topological polar surface area (TPSA) is 23.5 Å². The number of halogens is 2. The zero-order valence-corrected chi connectivity index (χ0v) is 16.6. The fraction of sp³-hybridized carbons (Fsp3) is 0.333. The zero-order valence-electron chi connectivity index (χ0n) is 15.1. The van der Waals surface area contributed by atoms with E-state index in [4.69, 9.17) is 23.2 Å². The van der Waals surface area contributed by atoms with E-state index < -0.39 is 5.60 Å². The van der Waals surface area contributed by atoms with Gasteiger partial charge in [-0.3, -0.25) is 0 Å². The van der Waals surface area contributed by atoms with Crippen molar-refractivity contribution in [3.63, 3.8) is 0 Å². The van der Waals surface area contributed by atoms with Crippen LogP contribution < -0.4 is 0 Å². The molecule has 25 heavy (non-hydrogen) atoms. The number of nitrogens with zero attached hydrogens (tertiary/aromatic N) is 1. The molecule has 1 N–H and O–H groups in total. The second-order valence-electron chi connectivity index (χ2n) is 6.83. The maximum Gasteiger partial charge on any atom is 0.115 e. The molecule has 0 aliphatic rings. The Kier molecular flexibility index (Phi) is 6.70. The summed E-state index contributed by atoms with van der Waals surface area (Å²) in [6.45, 7) is 4.71. The average Bonchev–Trinajstić information content (AvgIpc) is 2.53. The number of benzene rings is 2. The molecule has 0 fully saturated rings. The highest BCUT2D eigenvalue weighted by atomic mass is 35.5. The highest BCUT2D eigenvalue weighted by Gasteiger charge is 2.38. The molecule has 0 saturated carbocycles. The molecule has 0 amide bonds. The first kappa shape index (κ1) is 20.0. The minimum atomic E-state index is -1.17. The van der Waals surface area contributed by atoms with Gasteiger partial charge in [-0.15, -0.1) is 0 Å². The van der Waals surface area contributed by atoms with Crippen LogP contribution in [0.1, 0.15) is 25.0 Å². The first-order valence-electron chi connectivity index (χ1n) is 8.31. The molecule has 0 aromatic heterocycles. The van der Waals surface area contributed by atoms with Gasteiger partial charge in [0.25, 0.3) is 0 Å². The minimum absolute atomic E-state index is 0.0583. The van der Waals surface area contributed by atoms with Crippen molar-refractivity contribution in [2.75, 3.05) is 20.6 Å². The Morgan fingerprint density at radius 1 is 1.12 bits per heavy atom. The standard InChI is InChI=1S/C21H25Cl2NO/c1-15(10-17-8-6-5-7-9-17)21(25,16(2)14-24(3)4)18-11-19(22)13-20(23)12-18/h5-13,16,25H,14H2,1-4H3. The molecule has 2 atom stereocenters. The molecular weight excluding hydrogens is 353 g/mol. The molecule has 2 unspecified atom stereocenters. The van der Waals surface area contributed by atoms with Crippen LogP contribution in [0.25, 0.3) is 6.08 Å². The Morgan fingerprint density at radius 2 is 1.68 bits per heavy atom. The molecule has 0 spiro atoms. The molecule has 0 aliphatic heterocycles. The van der Waals surface area contributed by atoms with Gasteiger partial charge in [0.2, 0.25) is 0 Å². The van der Waals surface area contributed by atoms with Crippen molar-refractivity contribution >= 4 is 29.3 Å². The molecule has 0 bridgehead atoms. The van der Waals surface area contributed by atoms with Crippen LogP contribution in [0.2, 0.25) is 10.0 Å². The first-order chi connectivity index (χ1) is 11.7. The van der Waals surface area contributed by atoms with Crippen LogP contribution >= 0.6 is 23.2 Å². The Balaban J connectivity index is 2.57. The summed E-state index contributed by atoms with van der Waals surface area (Å²) in [7, 11) is 4.00. The van der Waals surface area contributed by atoms with Crippen molar-refractivity contribution in [2.45, 2.75) is 19.4 Å². The van der Waals surface area contributed by atoms with Crippen LogP contribution in [0.15, 0.2) is 54.1 Å². The predicted molar refractivity (Wildman–Crippen MR) is 108 cm³/mol. The van der Waals surface area contributed by atoms with E-state index in [9.17, 15) is 5.11 Å². The van der Waals surface area contributed by atoms with Gasteiger partial charge in [0, 0.05) is 22.5 Å². The van der Waals surface area contributed by atoms with Crippen LogP contribution in [-0.4, -0.2) is 30.6 Å². The van der Waals surface area contributed by atoms with E-state index in [0.717, 1.165) is 17.7 Å². The maximum absolute atomic E-state index is 11.8. The van der Waals surface area contributed by atoms with Crippen molar-refractivity contribution in [1.82, 2.24) is 4.90 Å². The monoisotopic (exact) mass is 377 g/mol. The second-order valence-corrected chi connectivity index (χ2v) is 7.70. The van der Waals surface area contributed by atoms with E-state index in [2.05, 4.69) is 4.90 Å². The summed E-state index contributed by atoms with van der Waals surface area (Å²) in [6, 6.07) is 15.3. The van der Waals surface area contributed by atoms with Crippen molar-refractivity contribution in [3.05, 3.63) is 75.3 Å². The first-order valence-corrected chi connectivity index (χ1v) is 9.06. The number of aliphatic hydroxyl groups is 1. The highest BCUT2D eigenvalue weighted by molar-refractivity contribution is 6.34. The number of hydrogen-bond donors (Lipinski definition) is 1. The smallest absolute Gasteiger partial charge is 0.115 e. The minimum Gasteiger partial charge on any atom is -0.380 e. The molecule has 4 heteroatoms. The average molecular weight is 378 g/mol. The van der Waals surface area contributed by atoms with Gasteiger partial charge in [0.15, 0.2) is 0 Å². The molecule has 0 radical (unpaired) electrons. The van der Waals surface area contributed by atoms with Crippen molar-refractivity contribution in [3.8, 4) is 0 Å². The fourth-order valence-corrected chi connectivity index (χ4v) is 3.79. The molecule has 2 aromatic rings. The molecule has 0 heterocycles. The normalized spacial score (nSPS) is 15.9. The Morgan fingerprint density at radius 3 is 2.20 bits per heavy atom. The van der Waals surface area contributed by atoms with Crippen LogP contribution in [0.4, 0.5) is 0 Å². The van der Waals surface area contributed by atoms with Crippen molar-refractivity contribution < 1.29 is 5.11 Å². The van der Waals surface area contributed by atoms with E-state index in [1.165, 1.54) is 0 Å². The van der Waals surface area contributed by atoms with E-state index in [0.29, 0.717) is 15.6 Å². The van der Waals surface area contributed by atoms with Gasteiger partial charge in [-0.25, -0.2) is 0 Å². The maximum atomic E-state index is 11.8. The van der Waals surface area contributed by atoms with Crippen LogP contribution in [-0.2, 0) is 5.60 Å². The third-order valence-corrected chi connectivity index (χ3v) is 4.88. The third-order valence-electron chi connectivity index (χ3n) is 4.44. The molecule has 0 saturated heterocycles. The van der Waals surface area contributed by atoms with Gasteiger partial charge in [-0.05, 0) is 55.9 Å². The van der Waals surface area contributed by atoms with Crippen LogP contribution in [0.5, 0.6) is 0 Å². The Labute approximate surface area is 160 Å². The number of hydrogen-bond acceptors (Lipinski definition) is 2. The lowest BCUT2D eigenvalue weighted by Gasteiger charge is -2.37. The molecular formula is C21H25Cl2NO. The summed E-state index contributed by atoms with van der Waals surface area (Å²) in [4.78, 5) is 2.07. The lowest BCUT2D eigenvalue weighted by molar-refractivity contribution is 0.0105. The van der Waals surface area contributed by atoms with E-state index in [-0.39, 0.29) is 5.92 Å². The fourth-order valence-electron chi connectivity index (χ4n) is 3.26. The highest BCUT2D eigenvalue weighted by Crippen LogP contribution is 2.40. The lowest BCUT2D eigenvalue weighted by Crippen LogP contribution is -2.40. The summed E-state index contributed by atoms with van der Waals surface area (Å²) in [5.74, 6) is -0.0583. The SMILES string of the molecule is CC(=Cc1ccccc1)C(O)(c1cc(Cl)cc(Cl)c1)C(C)CN(C)C. The Hall–Kier alpha value is -1.32. The summed E-state index contributed by atoms with van der Waals surface area (Å²) >= 11 is 12.4. The summed E-state index contributed by atoms with van der Waals surface area (Å²) in [5.41, 5.74) is 1.44. The van der Waals surface area contributed by atoms with Gasteiger partial charge >= 0.3 is 0 Å². The van der Waals surface area contributed by atoms with Crippen molar-refractivity contribution in [1.29, 1.82) is 0 Å². The van der Waals surface area contributed by atoms with E-state index in [1.54, 1.807) is 18.2 Å². The van der Waals surface area contributed by atoms with Gasteiger partial charge in [-0.1, -0.05) is 66.5 Å². The number of rotatable bonds is 6. The van der Waals surface area contributed by atoms with Crippen LogP contribution in [0, 0.1) is 5.92 Å². The zero-order chi connectivity index (χ0) is 18.6. The molecule has 134 valence electrons. The molecule has 2 rings (SSSR count). The lowest BCUT2D eigenvalue weighted by atomic mass is 9.76. The summed E-state index contributed by atoms with van der Waals surface area (Å²) in [5, 5.41) is 12.8. The molecule has 2 aromatic carbocycles. The predicted octanol–water partition coefficient (Wildman–Crippen LogP) is 5.48. The molecule has 2 nitrogen and oxygen atoms in total. The summed E-state index contributed by atoms with van der Waals surface area (Å²) in [6.07, 6.45) is 2.01. The van der Waals surface area contributed by atoms with Crippen LogP contribution in [0.3, 0.4) is 0 Å². The van der Waals surface area contributed by atoms with Gasteiger partial charge < -0.3 is 10.0 Å². The Bertz CT molecular complexity index is 723. The summed E-state index contributed by atoms with van der Waals surface area (Å²) < 4.78 is 0. The van der Waals surface area contributed by atoms with Gasteiger partial charge in [0.1, 0.15) is 5.60 Å². The van der Waals surface area contributed by atoms with Gasteiger partial charge in [0.05, 0.1) is 0 Å². The van der Waals surface area contributed by atoms with Crippen molar-refractivity contribution in [2.24, 2.45) is 5.92 Å². The second kappa shape index (κ2) is 8.37. The largest absolute Gasteiger partial charge is 0.380 e. The van der Waals surface area contributed by atoms with Gasteiger partial charge in [-0.2, -0.15) is 0 Å². The quantitative estimate of drug-likeness (QED) is 0.719. The molecule has 0 aliphatic carbocycles. The van der Waals surface area contributed by atoms with E-state index >= 15 is 0 Å². The third kappa shape index (κ3) is 4.86.